The molecule has 0 aliphatic heterocycles. The number of ether oxygens (including phenoxy) is 1. The summed E-state index contributed by atoms with van der Waals surface area (Å²) in [6.07, 6.45) is 0. The Labute approximate surface area is 157 Å². The maximum absolute atomic E-state index is 13.5. The largest absolute Gasteiger partial charge is 0.469 e. The van der Waals surface area contributed by atoms with Crippen molar-refractivity contribution in [2.24, 2.45) is 0 Å². The molecule has 0 radical (unpaired) electrons. The van der Waals surface area contributed by atoms with Crippen LogP contribution in [0.3, 0.4) is 0 Å². The van der Waals surface area contributed by atoms with E-state index < -0.39 is 16.5 Å². The van der Waals surface area contributed by atoms with Crippen molar-refractivity contribution in [3.05, 3.63) is 60.7 Å². The third kappa shape index (κ3) is 4.41. The van der Waals surface area contributed by atoms with E-state index >= 15 is 0 Å². The Morgan fingerprint density at radius 3 is 1.75 bits per heavy atom. The van der Waals surface area contributed by atoms with Crippen molar-refractivity contribution in [1.29, 1.82) is 0 Å². The quantitative estimate of drug-likeness (QED) is 0.306. The zero-order valence-electron chi connectivity index (χ0n) is 12.7. The van der Waals surface area contributed by atoms with Gasteiger partial charge in [0.2, 0.25) is 0 Å². The Morgan fingerprint density at radius 2 is 1.38 bits per heavy atom. The van der Waals surface area contributed by atoms with Crippen LogP contribution in [0.25, 0.3) is 0 Å². The molecule has 0 heterocycles. The molecule has 0 saturated heterocycles. The molecule has 0 unspecified atom stereocenters. The van der Waals surface area contributed by atoms with Crippen LogP contribution >= 0.6 is 39.5 Å². The van der Waals surface area contributed by atoms with Crippen LogP contribution < -0.4 is 9.05 Å². The number of carbonyl (C=O) groups is 1. The molecule has 0 N–H and O–H groups in total. The summed E-state index contributed by atoms with van der Waals surface area (Å²) >= 11 is 6.23. The molecular weight excluding hydrogens is 463 g/mol. The molecule has 2 aromatic rings. The fraction of sp³-hybridized carbons (Fsp3) is 0.188. The number of hydrogen-bond donors (Lipinski definition) is 0. The summed E-state index contributed by atoms with van der Waals surface area (Å²) in [5.74, 6) is -0.214. The molecule has 5 nitrogen and oxygen atoms in total. The van der Waals surface area contributed by atoms with E-state index in [1.807, 2.05) is 0 Å². The van der Waals surface area contributed by atoms with E-state index in [-0.39, 0.29) is 6.61 Å². The first-order valence-corrected chi connectivity index (χ1v) is 10.2. The molecule has 0 saturated carbocycles. The number of benzene rings is 2. The van der Waals surface area contributed by atoms with Crippen LogP contribution in [0, 0.1) is 0 Å². The average molecular weight is 478 g/mol. The Hall–Kier alpha value is -1.30. The van der Waals surface area contributed by atoms with Gasteiger partial charge in [-0.05, 0) is 63.0 Å². The lowest BCUT2D eigenvalue weighted by Gasteiger charge is -2.28. The second-order valence-corrected chi connectivity index (χ2v) is 11.3. The van der Waals surface area contributed by atoms with Crippen LogP contribution in [-0.2, 0) is 14.1 Å². The lowest BCUT2D eigenvalue weighted by Crippen LogP contribution is -2.31. The van der Waals surface area contributed by atoms with Crippen LogP contribution in [0.2, 0.25) is 0 Å². The fourth-order valence-corrected chi connectivity index (χ4v) is 4.15. The van der Waals surface area contributed by atoms with E-state index in [4.69, 9.17) is 13.8 Å². The topological polar surface area (TPSA) is 61.8 Å². The van der Waals surface area contributed by atoms with E-state index in [1.54, 1.807) is 67.6 Å². The minimum Gasteiger partial charge on any atom is -0.464 e. The van der Waals surface area contributed by atoms with Gasteiger partial charge in [0.15, 0.2) is 0 Å². The molecule has 0 aromatic heterocycles. The minimum absolute atomic E-state index is 0.120. The summed E-state index contributed by atoms with van der Waals surface area (Å²) in [5.41, 5.74) is 0. The normalized spacial score (nSPS) is 11.6. The number of para-hydroxylation sites is 2. The van der Waals surface area contributed by atoms with Crippen LogP contribution in [-0.4, -0.2) is 15.6 Å². The summed E-state index contributed by atoms with van der Waals surface area (Å²) in [6, 6.07) is 16.9. The number of hydrogen-bond acceptors (Lipinski definition) is 5. The van der Waals surface area contributed by atoms with E-state index in [0.717, 1.165) is 0 Å². The van der Waals surface area contributed by atoms with Gasteiger partial charge in [-0.15, -0.1) is 0 Å². The van der Waals surface area contributed by atoms with Crippen molar-refractivity contribution < 1.29 is 23.1 Å². The van der Waals surface area contributed by atoms with E-state index in [2.05, 4.69) is 31.9 Å². The Bertz CT molecular complexity index is 676. The third-order valence-corrected chi connectivity index (χ3v) is 7.83. The SMILES string of the molecule is CCOC(=O)C(Br)(Br)P(=O)(Oc1ccccc1)Oc1ccccc1. The molecule has 2 rings (SSSR count). The second kappa shape index (κ2) is 8.19. The lowest BCUT2D eigenvalue weighted by molar-refractivity contribution is -0.141. The summed E-state index contributed by atoms with van der Waals surface area (Å²) in [7, 11) is -4.09. The summed E-state index contributed by atoms with van der Waals surface area (Å²) < 4.78 is 27.7. The molecule has 0 atom stereocenters. The van der Waals surface area contributed by atoms with Crippen molar-refractivity contribution in [3.8, 4) is 11.5 Å². The highest BCUT2D eigenvalue weighted by Crippen LogP contribution is 2.65. The number of carbonyl (C=O) groups excluding carboxylic acids is 1. The highest BCUT2D eigenvalue weighted by atomic mass is 79.9. The molecule has 0 bridgehead atoms. The van der Waals surface area contributed by atoms with Gasteiger partial charge in [0.1, 0.15) is 11.5 Å². The van der Waals surface area contributed by atoms with Crippen molar-refractivity contribution in [3.63, 3.8) is 0 Å². The monoisotopic (exact) mass is 476 g/mol. The minimum atomic E-state index is -4.09. The first kappa shape index (κ1) is 19.0. The van der Waals surface area contributed by atoms with Gasteiger partial charge in [-0.3, -0.25) is 0 Å². The van der Waals surface area contributed by atoms with Gasteiger partial charge >= 0.3 is 13.6 Å². The number of halogens is 2. The summed E-state index contributed by atoms with van der Waals surface area (Å²) in [6.45, 7) is 1.77. The van der Waals surface area contributed by atoms with Crippen LogP contribution in [0.5, 0.6) is 11.5 Å². The standard InChI is InChI=1S/C16H15Br2O5P/c1-2-21-15(19)16(17,18)24(20,22-13-9-5-3-6-10-13)23-14-11-7-4-8-12-14/h3-12H,2H2,1H3. The molecule has 8 heteroatoms. The van der Waals surface area contributed by atoms with Crippen molar-refractivity contribution >= 4 is 45.4 Å². The van der Waals surface area contributed by atoms with Gasteiger partial charge in [0.05, 0.1) is 6.61 Å². The molecule has 0 amide bonds. The molecule has 2 aromatic carbocycles. The molecule has 128 valence electrons. The first-order chi connectivity index (χ1) is 11.4. The smallest absolute Gasteiger partial charge is 0.464 e. The first-order valence-electron chi connectivity index (χ1n) is 7.03. The maximum Gasteiger partial charge on any atom is 0.469 e. The number of alkyl halides is 2. The van der Waals surface area contributed by atoms with Crippen LogP contribution in [0.15, 0.2) is 60.7 Å². The van der Waals surface area contributed by atoms with Crippen LogP contribution in [0.4, 0.5) is 0 Å². The predicted molar refractivity (Wildman–Crippen MR) is 99.0 cm³/mol. The third-order valence-electron chi connectivity index (χ3n) is 2.80. The van der Waals surface area contributed by atoms with Gasteiger partial charge < -0.3 is 13.8 Å². The predicted octanol–water partition coefficient (Wildman–Crippen LogP) is 5.34. The van der Waals surface area contributed by atoms with Crippen molar-refractivity contribution in [2.75, 3.05) is 6.61 Å². The molecule has 0 aliphatic rings. The Balaban J connectivity index is 2.40. The summed E-state index contributed by atoms with van der Waals surface area (Å²) in [5, 5.41) is 0. The highest BCUT2D eigenvalue weighted by molar-refractivity contribution is 9.27. The fourth-order valence-electron chi connectivity index (χ4n) is 1.70. The van der Waals surface area contributed by atoms with Gasteiger partial charge in [-0.25, -0.2) is 9.36 Å². The average Bonchev–Trinajstić information content (AvgIpc) is 2.56. The number of esters is 1. The molecular formula is C16H15Br2O5P. The zero-order chi connectivity index (χ0) is 17.6. The van der Waals surface area contributed by atoms with Crippen molar-refractivity contribution in [1.82, 2.24) is 0 Å². The second-order valence-electron chi connectivity index (χ2n) is 4.57. The molecule has 0 aliphatic carbocycles. The Morgan fingerprint density at radius 1 is 0.958 bits per heavy atom. The molecule has 0 spiro atoms. The zero-order valence-corrected chi connectivity index (χ0v) is 16.8. The van der Waals surface area contributed by atoms with E-state index in [1.165, 1.54) is 0 Å². The highest BCUT2D eigenvalue weighted by Gasteiger charge is 2.58. The van der Waals surface area contributed by atoms with Gasteiger partial charge in [-0.2, -0.15) is 0 Å². The van der Waals surface area contributed by atoms with E-state index in [9.17, 15) is 9.36 Å². The molecule has 0 fully saturated rings. The molecule has 24 heavy (non-hydrogen) atoms. The van der Waals surface area contributed by atoms with Gasteiger partial charge in [0, 0.05) is 0 Å². The maximum atomic E-state index is 13.5. The van der Waals surface area contributed by atoms with Gasteiger partial charge in [0.25, 0.3) is 2.97 Å². The van der Waals surface area contributed by atoms with Crippen molar-refractivity contribution in [2.45, 2.75) is 9.90 Å². The summed E-state index contributed by atoms with van der Waals surface area (Å²) in [4.78, 5) is 12.2. The van der Waals surface area contributed by atoms with Crippen LogP contribution in [0.1, 0.15) is 6.92 Å². The Kier molecular flexibility index (Phi) is 6.49. The van der Waals surface area contributed by atoms with E-state index in [0.29, 0.717) is 11.5 Å². The number of rotatable bonds is 7. The lowest BCUT2D eigenvalue weighted by atomic mass is 10.3. The van der Waals surface area contributed by atoms with Gasteiger partial charge in [-0.1, -0.05) is 36.4 Å².